The number of nitrogens with one attached hydrogen (secondary N) is 2. The smallest absolute Gasteiger partial charge is 0.337 e. The number of ether oxygens (including phenoxy) is 1. The number of nitro groups is 1. The number of carbonyl (C=O) groups excluding carboxylic acids is 2. The first-order chi connectivity index (χ1) is 9.93. The van der Waals surface area contributed by atoms with Crippen molar-refractivity contribution < 1.29 is 19.2 Å². The van der Waals surface area contributed by atoms with Crippen molar-refractivity contribution in [3.05, 3.63) is 51.2 Å². The number of hydrogen-bond acceptors (Lipinski definition) is 5. The Morgan fingerprint density at radius 3 is 2.48 bits per heavy atom. The zero-order chi connectivity index (χ0) is 15.6. The normalized spacial score (nSPS) is 17.8. The Morgan fingerprint density at radius 1 is 1.33 bits per heavy atom. The van der Waals surface area contributed by atoms with E-state index in [-0.39, 0.29) is 11.3 Å². The summed E-state index contributed by atoms with van der Waals surface area (Å²) in [5.74, 6) is -0.580. The molecule has 8 heteroatoms. The molecule has 1 aliphatic rings. The number of allylic oxidation sites excluding steroid dienone is 1. The van der Waals surface area contributed by atoms with Gasteiger partial charge in [0.25, 0.3) is 5.69 Å². The molecule has 1 aromatic rings. The second-order valence-corrected chi connectivity index (χ2v) is 4.41. The lowest BCUT2D eigenvalue weighted by Crippen LogP contribution is -2.45. The number of urea groups is 1. The molecule has 0 saturated carbocycles. The Balaban J connectivity index is 2.43. The fraction of sp³-hybridized carbons (Fsp3) is 0.231. The van der Waals surface area contributed by atoms with Gasteiger partial charge in [0.05, 0.1) is 23.6 Å². The number of non-ortho nitro benzene ring substituents is 1. The summed E-state index contributed by atoms with van der Waals surface area (Å²) >= 11 is 0. The SMILES string of the molecule is COC(=O)C1=C(C)NC(=O)NC1c1ccc([N+](=O)[O-])cc1. The van der Waals surface area contributed by atoms with Crippen LogP contribution >= 0.6 is 0 Å². The lowest BCUT2D eigenvalue weighted by Gasteiger charge is -2.27. The summed E-state index contributed by atoms with van der Waals surface area (Å²) in [5, 5.41) is 15.7. The largest absolute Gasteiger partial charge is 0.466 e. The van der Waals surface area contributed by atoms with E-state index in [1.54, 1.807) is 6.92 Å². The van der Waals surface area contributed by atoms with Gasteiger partial charge in [-0.25, -0.2) is 9.59 Å². The van der Waals surface area contributed by atoms with Gasteiger partial charge in [-0.3, -0.25) is 10.1 Å². The predicted molar refractivity (Wildman–Crippen MR) is 72.2 cm³/mol. The van der Waals surface area contributed by atoms with E-state index in [0.717, 1.165) is 0 Å². The molecule has 1 aliphatic heterocycles. The van der Waals surface area contributed by atoms with Crippen molar-refractivity contribution in [1.29, 1.82) is 0 Å². The van der Waals surface area contributed by atoms with Crippen molar-refractivity contribution in [2.24, 2.45) is 0 Å². The first kappa shape index (κ1) is 14.5. The zero-order valence-electron chi connectivity index (χ0n) is 11.4. The molecule has 0 bridgehead atoms. The first-order valence-electron chi connectivity index (χ1n) is 6.05. The van der Waals surface area contributed by atoms with E-state index in [9.17, 15) is 19.7 Å². The lowest BCUT2D eigenvalue weighted by atomic mass is 9.95. The maximum Gasteiger partial charge on any atom is 0.337 e. The molecule has 8 nitrogen and oxygen atoms in total. The van der Waals surface area contributed by atoms with Crippen LogP contribution in [-0.4, -0.2) is 24.0 Å². The highest BCUT2D eigenvalue weighted by molar-refractivity contribution is 5.94. The molecule has 0 radical (unpaired) electrons. The summed E-state index contributed by atoms with van der Waals surface area (Å²) in [5.41, 5.74) is 1.12. The Hall–Kier alpha value is -2.90. The van der Waals surface area contributed by atoms with Gasteiger partial charge in [-0.15, -0.1) is 0 Å². The highest BCUT2D eigenvalue weighted by atomic mass is 16.6. The van der Waals surface area contributed by atoms with Crippen LogP contribution in [-0.2, 0) is 9.53 Å². The van der Waals surface area contributed by atoms with Gasteiger partial charge in [0.1, 0.15) is 0 Å². The molecule has 0 saturated heterocycles. The van der Waals surface area contributed by atoms with Crippen molar-refractivity contribution in [2.75, 3.05) is 7.11 Å². The quantitative estimate of drug-likeness (QED) is 0.496. The molecule has 1 heterocycles. The van der Waals surface area contributed by atoms with Crippen LogP contribution in [0.4, 0.5) is 10.5 Å². The summed E-state index contributed by atoms with van der Waals surface area (Å²) in [6, 6.07) is 4.44. The number of hydrogen-bond donors (Lipinski definition) is 2. The average molecular weight is 291 g/mol. The number of amides is 2. The molecule has 0 aromatic heterocycles. The van der Waals surface area contributed by atoms with Gasteiger partial charge in [0, 0.05) is 17.8 Å². The summed E-state index contributed by atoms with van der Waals surface area (Å²) in [7, 11) is 1.24. The summed E-state index contributed by atoms with van der Waals surface area (Å²) in [4.78, 5) is 33.6. The summed E-state index contributed by atoms with van der Waals surface area (Å²) < 4.78 is 4.71. The van der Waals surface area contributed by atoms with Gasteiger partial charge in [-0.1, -0.05) is 0 Å². The predicted octanol–water partition coefficient (Wildman–Crippen LogP) is 1.40. The Bertz CT molecular complexity index is 636. The van der Waals surface area contributed by atoms with Gasteiger partial charge in [0.15, 0.2) is 0 Å². The number of rotatable bonds is 3. The molecule has 21 heavy (non-hydrogen) atoms. The maximum absolute atomic E-state index is 11.9. The number of methoxy groups -OCH3 is 1. The van der Waals surface area contributed by atoms with Crippen LogP contribution in [0.2, 0.25) is 0 Å². The highest BCUT2D eigenvalue weighted by Gasteiger charge is 2.31. The lowest BCUT2D eigenvalue weighted by molar-refractivity contribution is -0.384. The van der Waals surface area contributed by atoms with Gasteiger partial charge in [-0.05, 0) is 24.6 Å². The van der Waals surface area contributed by atoms with Gasteiger partial charge < -0.3 is 15.4 Å². The topological polar surface area (TPSA) is 111 Å². The molecule has 110 valence electrons. The van der Waals surface area contributed by atoms with Crippen molar-refractivity contribution in [3.8, 4) is 0 Å². The third kappa shape index (κ3) is 2.83. The number of nitrogens with zero attached hydrogens (tertiary/aromatic N) is 1. The van der Waals surface area contributed by atoms with Crippen molar-refractivity contribution in [1.82, 2.24) is 10.6 Å². The number of carbonyl (C=O) groups is 2. The minimum absolute atomic E-state index is 0.0701. The van der Waals surface area contributed by atoms with Crippen LogP contribution in [0, 0.1) is 10.1 Å². The number of esters is 1. The van der Waals surface area contributed by atoms with E-state index in [4.69, 9.17) is 4.74 Å². The van der Waals surface area contributed by atoms with Crippen LogP contribution in [0.5, 0.6) is 0 Å². The Labute approximate surface area is 119 Å². The van der Waals surface area contributed by atoms with Gasteiger partial charge in [-0.2, -0.15) is 0 Å². The maximum atomic E-state index is 11.9. The molecule has 0 fully saturated rings. The van der Waals surface area contributed by atoms with Gasteiger partial charge in [0.2, 0.25) is 0 Å². The fourth-order valence-corrected chi connectivity index (χ4v) is 2.11. The third-order valence-corrected chi connectivity index (χ3v) is 3.11. The second-order valence-electron chi connectivity index (χ2n) is 4.41. The monoisotopic (exact) mass is 291 g/mol. The molecular formula is C13H13N3O5. The molecule has 2 N–H and O–H groups in total. The van der Waals surface area contributed by atoms with Crippen molar-refractivity contribution in [3.63, 3.8) is 0 Å². The van der Waals surface area contributed by atoms with E-state index >= 15 is 0 Å². The second kappa shape index (κ2) is 5.61. The van der Waals surface area contributed by atoms with E-state index in [1.807, 2.05) is 0 Å². The Morgan fingerprint density at radius 2 is 1.95 bits per heavy atom. The van der Waals surface area contributed by atoms with E-state index < -0.39 is 23.0 Å². The molecule has 0 aliphatic carbocycles. The standard InChI is InChI=1S/C13H13N3O5/c1-7-10(12(17)21-2)11(15-13(18)14-7)8-3-5-9(6-4-8)16(19)20/h3-6,11H,1-2H3,(H2,14,15,18). The molecule has 0 spiro atoms. The number of nitro benzene ring substituents is 1. The minimum Gasteiger partial charge on any atom is -0.466 e. The summed E-state index contributed by atoms with van der Waals surface area (Å²) in [6.07, 6.45) is 0. The Kier molecular flexibility index (Phi) is 3.88. The third-order valence-electron chi connectivity index (χ3n) is 3.11. The molecule has 1 unspecified atom stereocenters. The zero-order valence-corrected chi connectivity index (χ0v) is 11.4. The average Bonchev–Trinajstić information content (AvgIpc) is 2.45. The molecule has 2 rings (SSSR count). The molecule has 2 amide bonds. The molecular weight excluding hydrogens is 278 g/mol. The highest BCUT2D eigenvalue weighted by Crippen LogP contribution is 2.28. The first-order valence-corrected chi connectivity index (χ1v) is 6.05. The molecule has 1 atom stereocenters. The van der Waals surface area contributed by atoms with E-state index in [1.165, 1.54) is 31.4 Å². The summed E-state index contributed by atoms with van der Waals surface area (Å²) in [6.45, 7) is 1.59. The van der Waals surface area contributed by atoms with Gasteiger partial charge >= 0.3 is 12.0 Å². The molecule has 1 aromatic carbocycles. The van der Waals surface area contributed by atoms with Crippen LogP contribution in [0.15, 0.2) is 35.5 Å². The van der Waals surface area contributed by atoms with Crippen molar-refractivity contribution >= 4 is 17.7 Å². The van der Waals surface area contributed by atoms with Crippen LogP contribution < -0.4 is 10.6 Å². The van der Waals surface area contributed by atoms with E-state index in [0.29, 0.717) is 11.3 Å². The fourth-order valence-electron chi connectivity index (χ4n) is 2.11. The van der Waals surface area contributed by atoms with Crippen LogP contribution in [0.25, 0.3) is 0 Å². The van der Waals surface area contributed by atoms with Crippen LogP contribution in [0.1, 0.15) is 18.5 Å². The number of benzene rings is 1. The van der Waals surface area contributed by atoms with Crippen molar-refractivity contribution in [2.45, 2.75) is 13.0 Å². The van der Waals surface area contributed by atoms with E-state index in [2.05, 4.69) is 10.6 Å². The minimum atomic E-state index is -0.716. The van der Waals surface area contributed by atoms with Crippen LogP contribution in [0.3, 0.4) is 0 Å².